The van der Waals surface area contributed by atoms with Gasteiger partial charge in [0.1, 0.15) is 0 Å². The van der Waals surface area contributed by atoms with Crippen LogP contribution in [0.2, 0.25) is 0 Å². The van der Waals surface area contributed by atoms with Crippen molar-refractivity contribution < 1.29 is 0 Å². The van der Waals surface area contributed by atoms with E-state index < -0.39 is 0 Å². The van der Waals surface area contributed by atoms with Crippen LogP contribution < -0.4 is 0 Å². The Balaban J connectivity index is 1.86. The molecular weight excluding hydrogens is 136 g/mol. The zero-order chi connectivity index (χ0) is 7.84. The Hall–Kier alpha value is -0.0800. The molecule has 2 heterocycles. The zero-order valence-corrected chi connectivity index (χ0v) is 7.58. The van der Waals surface area contributed by atoms with Crippen molar-refractivity contribution in [2.75, 3.05) is 19.6 Å². The maximum absolute atomic E-state index is 2.54. The lowest BCUT2D eigenvalue weighted by Crippen LogP contribution is -2.55. The van der Waals surface area contributed by atoms with Crippen molar-refractivity contribution in [2.24, 2.45) is 5.92 Å². The molecule has 64 valence electrons. The van der Waals surface area contributed by atoms with Gasteiger partial charge in [-0.15, -0.1) is 0 Å². The molecule has 0 amide bonds. The van der Waals surface area contributed by atoms with Crippen molar-refractivity contribution in [1.82, 2.24) is 10.0 Å². The highest BCUT2D eigenvalue weighted by atomic mass is 15.7. The van der Waals surface area contributed by atoms with E-state index in [2.05, 4.69) is 23.9 Å². The summed E-state index contributed by atoms with van der Waals surface area (Å²) in [5.41, 5.74) is 0. The largest absolute Gasteiger partial charge is 0.241 e. The molecule has 11 heavy (non-hydrogen) atoms. The third-order valence-corrected chi connectivity index (χ3v) is 3.05. The summed E-state index contributed by atoms with van der Waals surface area (Å²) in [4.78, 5) is 0. The molecule has 0 aliphatic carbocycles. The Morgan fingerprint density at radius 1 is 1.09 bits per heavy atom. The molecule has 0 saturated carbocycles. The first-order chi connectivity index (χ1) is 5.27. The van der Waals surface area contributed by atoms with Crippen LogP contribution in [0.1, 0.15) is 26.7 Å². The number of hydrazine groups is 1. The molecule has 0 spiro atoms. The number of rotatable bonds is 1. The minimum absolute atomic E-state index is 0.820. The van der Waals surface area contributed by atoms with E-state index in [1.165, 1.54) is 32.5 Å². The fourth-order valence-electron chi connectivity index (χ4n) is 2.07. The summed E-state index contributed by atoms with van der Waals surface area (Å²) in [6.45, 7) is 8.57. The molecule has 2 fully saturated rings. The average molecular weight is 154 g/mol. The van der Waals surface area contributed by atoms with Crippen LogP contribution in [0, 0.1) is 5.92 Å². The van der Waals surface area contributed by atoms with Gasteiger partial charge in [0.25, 0.3) is 0 Å². The lowest BCUT2D eigenvalue weighted by atomic mass is 10.1. The van der Waals surface area contributed by atoms with E-state index in [0.717, 1.165) is 12.0 Å². The highest BCUT2D eigenvalue weighted by molar-refractivity contribution is 4.80. The highest BCUT2D eigenvalue weighted by Crippen LogP contribution is 2.25. The van der Waals surface area contributed by atoms with Crippen LogP contribution in [0.3, 0.4) is 0 Å². The summed E-state index contributed by atoms with van der Waals surface area (Å²) in [5, 5.41) is 5.07. The van der Waals surface area contributed by atoms with Crippen molar-refractivity contribution in [3.8, 4) is 0 Å². The predicted molar refractivity (Wildman–Crippen MR) is 46.1 cm³/mol. The summed E-state index contributed by atoms with van der Waals surface area (Å²) in [6.07, 6.45) is 2.79. The second-order valence-electron chi connectivity index (χ2n) is 4.11. The summed E-state index contributed by atoms with van der Waals surface area (Å²) in [6, 6.07) is 0.820. The molecule has 0 aromatic heterocycles. The standard InChI is InChI=1S/C9H18N2/c1-8-3-5-10(7-8)11-6-4-9(11)2/h8-9H,3-7H2,1-2H3. The van der Waals surface area contributed by atoms with E-state index in [1.807, 2.05) is 0 Å². The van der Waals surface area contributed by atoms with E-state index in [-0.39, 0.29) is 0 Å². The molecule has 0 radical (unpaired) electrons. The molecule has 2 heteroatoms. The normalized spacial score (nSPS) is 40.9. The third kappa shape index (κ3) is 1.30. The van der Waals surface area contributed by atoms with Gasteiger partial charge >= 0.3 is 0 Å². The summed E-state index contributed by atoms with van der Waals surface area (Å²) < 4.78 is 0. The van der Waals surface area contributed by atoms with Crippen LogP contribution in [-0.2, 0) is 0 Å². The Morgan fingerprint density at radius 2 is 1.91 bits per heavy atom. The molecule has 2 saturated heterocycles. The minimum atomic E-state index is 0.820. The number of nitrogens with zero attached hydrogens (tertiary/aromatic N) is 2. The second kappa shape index (κ2) is 2.76. The third-order valence-electron chi connectivity index (χ3n) is 3.05. The molecule has 0 bridgehead atoms. The van der Waals surface area contributed by atoms with Gasteiger partial charge in [-0.05, 0) is 25.7 Å². The minimum Gasteiger partial charge on any atom is -0.241 e. The van der Waals surface area contributed by atoms with Crippen molar-refractivity contribution in [3.63, 3.8) is 0 Å². The van der Waals surface area contributed by atoms with Crippen LogP contribution in [0.5, 0.6) is 0 Å². The Morgan fingerprint density at radius 3 is 2.27 bits per heavy atom. The Bertz CT molecular complexity index is 146. The summed E-state index contributed by atoms with van der Waals surface area (Å²) in [5.74, 6) is 0.919. The Labute approximate surface area is 69.1 Å². The van der Waals surface area contributed by atoms with Crippen molar-refractivity contribution in [3.05, 3.63) is 0 Å². The van der Waals surface area contributed by atoms with Crippen LogP contribution >= 0.6 is 0 Å². The molecule has 0 aromatic carbocycles. The molecule has 0 aromatic rings. The second-order valence-corrected chi connectivity index (χ2v) is 4.11. The van der Waals surface area contributed by atoms with Gasteiger partial charge in [0.15, 0.2) is 0 Å². The van der Waals surface area contributed by atoms with E-state index in [9.17, 15) is 0 Å². The smallest absolute Gasteiger partial charge is 0.0230 e. The van der Waals surface area contributed by atoms with E-state index in [1.54, 1.807) is 0 Å². The lowest BCUT2D eigenvalue weighted by Gasteiger charge is -2.44. The van der Waals surface area contributed by atoms with Gasteiger partial charge in [0, 0.05) is 25.7 Å². The summed E-state index contributed by atoms with van der Waals surface area (Å²) >= 11 is 0. The van der Waals surface area contributed by atoms with E-state index in [0.29, 0.717) is 0 Å². The van der Waals surface area contributed by atoms with Gasteiger partial charge in [-0.2, -0.15) is 0 Å². The van der Waals surface area contributed by atoms with Crippen LogP contribution in [0.15, 0.2) is 0 Å². The zero-order valence-electron chi connectivity index (χ0n) is 7.58. The topological polar surface area (TPSA) is 6.48 Å². The molecule has 0 N–H and O–H groups in total. The summed E-state index contributed by atoms with van der Waals surface area (Å²) in [7, 11) is 0. The average Bonchev–Trinajstić information content (AvgIpc) is 2.33. The molecule has 2 aliphatic heterocycles. The van der Waals surface area contributed by atoms with E-state index >= 15 is 0 Å². The predicted octanol–water partition coefficient (Wildman–Crippen LogP) is 1.34. The van der Waals surface area contributed by atoms with Crippen molar-refractivity contribution in [1.29, 1.82) is 0 Å². The van der Waals surface area contributed by atoms with Gasteiger partial charge in [-0.25, -0.2) is 10.0 Å². The molecular formula is C9H18N2. The van der Waals surface area contributed by atoms with Crippen LogP contribution in [-0.4, -0.2) is 35.7 Å². The van der Waals surface area contributed by atoms with Crippen molar-refractivity contribution >= 4 is 0 Å². The SMILES string of the molecule is CC1CCN(N2CCC2C)C1. The number of hydrogen-bond donors (Lipinski definition) is 0. The molecule has 2 rings (SSSR count). The molecule has 2 unspecified atom stereocenters. The van der Waals surface area contributed by atoms with Gasteiger partial charge in [0.05, 0.1) is 0 Å². The van der Waals surface area contributed by atoms with E-state index in [4.69, 9.17) is 0 Å². The monoisotopic (exact) mass is 154 g/mol. The van der Waals surface area contributed by atoms with Gasteiger partial charge < -0.3 is 0 Å². The fraction of sp³-hybridized carbons (Fsp3) is 1.00. The first kappa shape index (κ1) is 7.56. The first-order valence-electron chi connectivity index (χ1n) is 4.79. The molecule has 2 nitrogen and oxygen atoms in total. The first-order valence-corrected chi connectivity index (χ1v) is 4.79. The van der Waals surface area contributed by atoms with Crippen LogP contribution in [0.4, 0.5) is 0 Å². The van der Waals surface area contributed by atoms with Gasteiger partial charge in [-0.1, -0.05) is 6.92 Å². The fourth-order valence-corrected chi connectivity index (χ4v) is 2.07. The van der Waals surface area contributed by atoms with Crippen LogP contribution in [0.25, 0.3) is 0 Å². The lowest BCUT2D eigenvalue weighted by molar-refractivity contribution is -0.0981. The molecule has 2 aliphatic rings. The number of hydrogen-bond acceptors (Lipinski definition) is 2. The van der Waals surface area contributed by atoms with Crippen molar-refractivity contribution in [2.45, 2.75) is 32.7 Å². The molecule has 2 atom stereocenters. The maximum Gasteiger partial charge on any atom is 0.0230 e. The Kier molecular flexibility index (Phi) is 1.90. The highest BCUT2D eigenvalue weighted by Gasteiger charge is 2.32. The van der Waals surface area contributed by atoms with Gasteiger partial charge in [0.2, 0.25) is 0 Å². The maximum atomic E-state index is 2.54. The quantitative estimate of drug-likeness (QED) is 0.562. The van der Waals surface area contributed by atoms with Gasteiger partial charge in [-0.3, -0.25) is 0 Å².